The van der Waals surface area contributed by atoms with E-state index in [1.165, 1.54) is 13.2 Å². The molecule has 0 unspecified atom stereocenters. The molecule has 2 aromatic rings. The Morgan fingerprint density at radius 2 is 2.00 bits per heavy atom. The predicted molar refractivity (Wildman–Crippen MR) is 101 cm³/mol. The number of rotatable bonds is 5. The van der Waals surface area contributed by atoms with Gasteiger partial charge in [-0.1, -0.05) is 12.8 Å². The van der Waals surface area contributed by atoms with Gasteiger partial charge in [0, 0.05) is 42.1 Å². The van der Waals surface area contributed by atoms with Gasteiger partial charge in [-0.25, -0.2) is 4.79 Å². The number of fused-ring (bicyclic) bond motifs is 1. The molecule has 2 heterocycles. The average Bonchev–Trinajstić information content (AvgIpc) is 3.34. The number of likely N-dealkylation sites (tertiary alicyclic amines) is 1. The molecule has 2 aliphatic rings. The number of amides is 1. The van der Waals surface area contributed by atoms with E-state index >= 15 is 0 Å². The number of hydrogen-bond acceptors (Lipinski definition) is 6. The molecule has 0 N–H and O–H groups in total. The van der Waals surface area contributed by atoms with Gasteiger partial charge in [-0.05, 0) is 25.0 Å². The summed E-state index contributed by atoms with van der Waals surface area (Å²) in [6, 6.07) is 6.73. The van der Waals surface area contributed by atoms with E-state index < -0.39 is 17.5 Å². The van der Waals surface area contributed by atoms with Crippen molar-refractivity contribution in [1.82, 2.24) is 4.90 Å². The van der Waals surface area contributed by atoms with Crippen molar-refractivity contribution < 1.29 is 23.5 Å². The van der Waals surface area contributed by atoms with Crippen molar-refractivity contribution in [2.75, 3.05) is 13.7 Å². The maximum absolute atomic E-state index is 12.5. The Bertz CT molecular complexity index is 959. The highest BCUT2D eigenvalue weighted by Crippen LogP contribution is 2.30. The molecule has 0 spiro atoms. The second kappa shape index (κ2) is 7.66. The Balaban J connectivity index is 1.45. The Kier molecular flexibility index (Phi) is 5.07. The molecule has 1 aromatic heterocycles. The molecule has 0 bridgehead atoms. The zero-order valence-corrected chi connectivity index (χ0v) is 15.8. The van der Waals surface area contributed by atoms with E-state index in [2.05, 4.69) is 0 Å². The van der Waals surface area contributed by atoms with Crippen molar-refractivity contribution in [3.05, 3.63) is 40.2 Å². The van der Waals surface area contributed by atoms with Crippen LogP contribution in [-0.2, 0) is 20.9 Å². The lowest BCUT2D eigenvalue weighted by atomic mass is 10.1. The third-order valence-corrected chi connectivity index (χ3v) is 5.66. The van der Waals surface area contributed by atoms with Crippen LogP contribution in [0.4, 0.5) is 0 Å². The van der Waals surface area contributed by atoms with Gasteiger partial charge < -0.3 is 18.8 Å². The van der Waals surface area contributed by atoms with Gasteiger partial charge in [0.2, 0.25) is 5.91 Å². The largest absolute Gasteiger partial charge is 0.497 e. The van der Waals surface area contributed by atoms with E-state index in [1.807, 2.05) is 4.90 Å². The van der Waals surface area contributed by atoms with Gasteiger partial charge in [0.25, 0.3) is 0 Å². The zero-order valence-electron chi connectivity index (χ0n) is 15.8. The van der Waals surface area contributed by atoms with Gasteiger partial charge >= 0.3 is 11.6 Å². The molecule has 2 fully saturated rings. The summed E-state index contributed by atoms with van der Waals surface area (Å²) in [6.07, 6.45) is 4.51. The van der Waals surface area contributed by atoms with Gasteiger partial charge in [0.05, 0.1) is 13.0 Å². The maximum Gasteiger partial charge on any atom is 0.336 e. The summed E-state index contributed by atoms with van der Waals surface area (Å²) in [5, 5.41) is 0.684. The summed E-state index contributed by atoms with van der Waals surface area (Å²) in [5.74, 6) is -0.239. The number of ether oxygens (including phenoxy) is 2. The predicted octanol–water partition coefficient (Wildman–Crippen LogP) is 2.64. The summed E-state index contributed by atoms with van der Waals surface area (Å²) in [5.41, 5.74) is 0.427. The van der Waals surface area contributed by atoms with Crippen molar-refractivity contribution in [3.63, 3.8) is 0 Å². The highest BCUT2D eigenvalue weighted by atomic mass is 16.5. The summed E-state index contributed by atoms with van der Waals surface area (Å²) >= 11 is 0. The van der Waals surface area contributed by atoms with Crippen molar-refractivity contribution >= 4 is 22.8 Å². The Labute approximate surface area is 162 Å². The number of esters is 1. The first-order chi connectivity index (χ1) is 13.5. The molecule has 4 rings (SSSR count). The first-order valence-corrected chi connectivity index (χ1v) is 9.62. The molecule has 7 heteroatoms. The topological polar surface area (TPSA) is 86.0 Å². The molecule has 28 heavy (non-hydrogen) atoms. The lowest BCUT2D eigenvalue weighted by Crippen LogP contribution is -2.35. The number of benzene rings is 1. The quantitative estimate of drug-likeness (QED) is 0.581. The van der Waals surface area contributed by atoms with Crippen LogP contribution in [0.1, 0.15) is 37.7 Å². The standard InChI is InChI=1S/C21H23NO6/c1-26-16-6-7-17-14(9-20(24)28-18(17)10-16)12-27-21(25)13-8-19(23)22(11-13)15-4-2-3-5-15/h6-7,9-10,13,15H,2-5,8,11-12H2,1H3/t13-/m1/s1. The molecule has 1 saturated heterocycles. The molecule has 1 aliphatic heterocycles. The van der Waals surface area contributed by atoms with E-state index in [1.54, 1.807) is 18.2 Å². The van der Waals surface area contributed by atoms with Crippen LogP contribution in [-0.4, -0.2) is 36.5 Å². The van der Waals surface area contributed by atoms with E-state index in [9.17, 15) is 14.4 Å². The Morgan fingerprint density at radius 3 is 2.75 bits per heavy atom. The molecular weight excluding hydrogens is 362 g/mol. The summed E-state index contributed by atoms with van der Waals surface area (Å²) in [6.45, 7) is 0.387. The van der Waals surface area contributed by atoms with E-state index in [0.29, 0.717) is 28.8 Å². The molecule has 1 saturated carbocycles. The molecule has 7 nitrogen and oxygen atoms in total. The SMILES string of the molecule is COc1ccc2c(COC(=O)[C@@H]3CC(=O)N(C4CCCC4)C3)cc(=O)oc2c1. The maximum atomic E-state index is 12.5. The minimum absolute atomic E-state index is 0.0340. The lowest BCUT2D eigenvalue weighted by molar-refractivity contribution is -0.149. The third-order valence-electron chi connectivity index (χ3n) is 5.66. The van der Waals surface area contributed by atoms with Gasteiger partial charge in [0.15, 0.2) is 0 Å². The van der Waals surface area contributed by atoms with E-state index in [0.717, 1.165) is 25.7 Å². The van der Waals surface area contributed by atoms with E-state index in [4.69, 9.17) is 13.9 Å². The van der Waals surface area contributed by atoms with Gasteiger partial charge in [0.1, 0.15) is 17.9 Å². The van der Waals surface area contributed by atoms with Crippen LogP contribution in [0.5, 0.6) is 5.75 Å². The summed E-state index contributed by atoms with van der Waals surface area (Å²) < 4.78 is 15.8. The summed E-state index contributed by atoms with van der Waals surface area (Å²) in [7, 11) is 1.53. The molecule has 1 amide bonds. The number of hydrogen-bond donors (Lipinski definition) is 0. The number of methoxy groups -OCH3 is 1. The molecule has 0 radical (unpaired) electrons. The van der Waals surface area contributed by atoms with Crippen LogP contribution in [0.25, 0.3) is 11.0 Å². The van der Waals surface area contributed by atoms with Gasteiger partial charge in [-0.3, -0.25) is 9.59 Å². The van der Waals surface area contributed by atoms with Crippen LogP contribution in [0.15, 0.2) is 33.5 Å². The van der Waals surface area contributed by atoms with Crippen LogP contribution in [0, 0.1) is 5.92 Å². The van der Waals surface area contributed by atoms with Crippen molar-refractivity contribution in [3.8, 4) is 5.75 Å². The molecule has 1 aromatic carbocycles. The fourth-order valence-electron chi connectivity index (χ4n) is 4.18. The minimum atomic E-state index is -0.518. The second-order valence-corrected chi connectivity index (χ2v) is 7.45. The zero-order chi connectivity index (χ0) is 19.7. The molecular formula is C21H23NO6. The number of nitrogens with zero attached hydrogens (tertiary/aromatic N) is 1. The molecule has 148 valence electrons. The second-order valence-electron chi connectivity index (χ2n) is 7.45. The first-order valence-electron chi connectivity index (χ1n) is 9.62. The van der Waals surface area contributed by atoms with Crippen LogP contribution < -0.4 is 10.4 Å². The lowest BCUT2D eigenvalue weighted by Gasteiger charge is -2.23. The number of carbonyl (C=O) groups is 2. The normalized spacial score (nSPS) is 20.1. The Hall–Kier alpha value is -2.83. The van der Waals surface area contributed by atoms with Crippen molar-refractivity contribution in [2.24, 2.45) is 5.92 Å². The number of carbonyl (C=O) groups excluding carboxylic acids is 2. The third kappa shape index (κ3) is 3.61. The average molecular weight is 385 g/mol. The fraction of sp³-hybridized carbons (Fsp3) is 0.476. The highest BCUT2D eigenvalue weighted by molar-refractivity contribution is 5.87. The summed E-state index contributed by atoms with van der Waals surface area (Å²) in [4.78, 5) is 38.5. The van der Waals surface area contributed by atoms with Crippen LogP contribution >= 0.6 is 0 Å². The van der Waals surface area contributed by atoms with Crippen LogP contribution in [0.3, 0.4) is 0 Å². The van der Waals surface area contributed by atoms with Crippen LogP contribution in [0.2, 0.25) is 0 Å². The van der Waals surface area contributed by atoms with Gasteiger partial charge in [-0.2, -0.15) is 0 Å². The van der Waals surface area contributed by atoms with Gasteiger partial charge in [-0.15, -0.1) is 0 Å². The van der Waals surface area contributed by atoms with Crippen molar-refractivity contribution in [2.45, 2.75) is 44.8 Å². The minimum Gasteiger partial charge on any atom is -0.497 e. The fourth-order valence-corrected chi connectivity index (χ4v) is 4.18. The smallest absolute Gasteiger partial charge is 0.336 e. The first kappa shape index (κ1) is 18.5. The Morgan fingerprint density at radius 1 is 1.21 bits per heavy atom. The molecule has 1 atom stereocenters. The molecule has 1 aliphatic carbocycles. The van der Waals surface area contributed by atoms with E-state index in [-0.39, 0.29) is 25.0 Å². The van der Waals surface area contributed by atoms with Crippen molar-refractivity contribution in [1.29, 1.82) is 0 Å². The monoisotopic (exact) mass is 385 g/mol. The highest BCUT2D eigenvalue weighted by Gasteiger charge is 2.39.